The highest BCUT2D eigenvalue weighted by molar-refractivity contribution is 7.46. The summed E-state index contributed by atoms with van der Waals surface area (Å²) < 4.78 is 26.0. The molecule has 0 radical (unpaired) electrons. The van der Waals surface area contributed by atoms with Gasteiger partial charge in [0.2, 0.25) is 0 Å². The molecule has 0 amide bonds. The first-order chi connectivity index (χ1) is 19.3. The van der Waals surface area contributed by atoms with Gasteiger partial charge in [0.25, 0.3) is 0 Å². The summed E-state index contributed by atoms with van der Waals surface area (Å²) in [6, 6.07) is 0. The smallest absolute Gasteiger partial charge is 0.462 e. The Kier molecular flexibility index (Phi) is 26.7. The first-order valence-electron chi connectivity index (χ1n) is 15.6. The van der Waals surface area contributed by atoms with E-state index in [9.17, 15) is 14.2 Å². The topological polar surface area (TPSA) is 119 Å². The largest absolute Gasteiger partial charge is 0.469 e. The monoisotopic (exact) mass is 588 g/mol. The van der Waals surface area contributed by atoms with Crippen LogP contribution in [0.5, 0.6) is 0 Å². The van der Waals surface area contributed by atoms with E-state index in [2.05, 4.69) is 42.7 Å². The number of allylic oxidation sites excluding steroid dienone is 4. The molecule has 8 nitrogen and oxygen atoms in total. The predicted molar refractivity (Wildman–Crippen MR) is 161 cm³/mol. The molecule has 0 spiro atoms. The molecule has 2 N–H and O–H groups in total. The van der Waals surface area contributed by atoms with Gasteiger partial charge in [-0.25, -0.2) is 4.57 Å². The van der Waals surface area contributed by atoms with Crippen LogP contribution in [-0.2, 0) is 28.2 Å². The van der Waals surface area contributed by atoms with Gasteiger partial charge in [-0.1, -0.05) is 115 Å². The maximum absolute atomic E-state index is 12.2. The number of carbonyl (C=O) groups excluding carboxylic acids is 2. The average Bonchev–Trinajstić information content (AvgIpc) is 2.91. The van der Waals surface area contributed by atoms with Crippen molar-refractivity contribution in [3.8, 4) is 0 Å². The highest BCUT2D eigenvalue weighted by atomic mass is 31.2. The summed E-state index contributed by atoms with van der Waals surface area (Å²) in [4.78, 5) is 42.2. The second kappa shape index (κ2) is 27.7. The predicted octanol–water partition coefficient (Wildman–Crippen LogP) is 8.50. The first kappa shape index (κ1) is 38.5. The zero-order valence-corrected chi connectivity index (χ0v) is 26.1. The summed E-state index contributed by atoms with van der Waals surface area (Å²) in [7, 11) is -4.74. The lowest BCUT2D eigenvalue weighted by molar-refractivity contribution is -0.161. The number of hydrogen-bond acceptors (Lipinski definition) is 6. The van der Waals surface area contributed by atoms with Gasteiger partial charge < -0.3 is 19.3 Å². The van der Waals surface area contributed by atoms with Gasteiger partial charge in [0, 0.05) is 12.8 Å². The van der Waals surface area contributed by atoms with E-state index in [0.717, 1.165) is 64.2 Å². The Morgan fingerprint density at radius 3 is 1.62 bits per heavy atom. The molecule has 0 heterocycles. The van der Waals surface area contributed by atoms with E-state index in [1.54, 1.807) is 0 Å². The van der Waals surface area contributed by atoms with Crippen molar-refractivity contribution in [1.29, 1.82) is 0 Å². The van der Waals surface area contributed by atoms with E-state index in [4.69, 9.17) is 19.3 Å². The molecule has 0 aromatic heterocycles. The number of hydrogen-bond donors (Lipinski definition) is 2. The number of phosphoric acid groups is 1. The van der Waals surface area contributed by atoms with Crippen molar-refractivity contribution in [1.82, 2.24) is 0 Å². The molecule has 0 unspecified atom stereocenters. The molecule has 234 valence electrons. The van der Waals surface area contributed by atoms with E-state index < -0.39 is 32.5 Å². The minimum atomic E-state index is -4.74. The molecule has 0 aliphatic heterocycles. The number of unbranched alkanes of at least 4 members (excludes halogenated alkanes) is 15. The lowest BCUT2D eigenvalue weighted by atomic mass is 10.1. The molecule has 0 rings (SSSR count). The van der Waals surface area contributed by atoms with Crippen molar-refractivity contribution in [3.63, 3.8) is 0 Å². The molecule has 0 fully saturated rings. The number of esters is 2. The van der Waals surface area contributed by atoms with Gasteiger partial charge in [-0.15, -0.1) is 0 Å². The Labute approximate surface area is 243 Å². The zero-order chi connectivity index (χ0) is 29.7. The Hall–Kier alpha value is -1.47. The highest BCUT2D eigenvalue weighted by Gasteiger charge is 2.22. The van der Waals surface area contributed by atoms with Crippen molar-refractivity contribution < 1.29 is 37.9 Å². The van der Waals surface area contributed by atoms with Crippen molar-refractivity contribution in [3.05, 3.63) is 24.3 Å². The van der Waals surface area contributed by atoms with Crippen LogP contribution in [-0.4, -0.2) is 41.0 Å². The molecule has 40 heavy (non-hydrogen) atoms. The van der Waals surface area contributed by atoms with Crippen LogP contribution in [0.2, 0.25) is 0 Å². The summed E-state index contributed by atoms with van der Waals surface area (Å²) in [6.07, 6.45) is 27.8. The Morgan fingerprint density at radius 1 is 0.650 bits per heavy atom. The van der Waals surface area contributed by atoms with Crippen molar-refractivity contribution in [2.24, 2.45) is 0 Å². The second-order valence-electron chi connectivity index (χ2n) is 10.5. The molecular formula is C31H57O8P. The molecular weight excluding hydrogens is 531 g/mol. The van der Waals surface area contributed by atoms with Crippen LogP contribution in [0, 0.1) is 0 Å². The number of rotatable bonds is 28. The third-order valence-corrected chi connectivity index (χ3v) is 6.99. The summed E-state index contributed by atoms with van der Waals surface area (Å²) in [5.41, 5.74) is 0. The van der Waals surface area contributed by atoms with Gasteiger partial charge in [0.15, 0.2) is 6.10 Å². The lowest BCUT2D eigenvalue weighted by Crippen LogP contribution is -2.29. The van der Waals surface area contributed by atoms with Crippen LogP contribution >= 0.6 is 7.82 Å². The molecule has 0 saturated heterocycles. The van der Waals surface area contributed by atoms with Crippen molar-refractivity contribution in [2.45, 2.75) is 148 Å². The first-order valence-corrected chi connectivity index (χ1v) is 17.2. The van der Waals surface area contributed by atoms with Gasteiger partial charge in [-0.05, 0) is 38.5 Å². The van der Waals surface area contributed by atoms with Crippen LogP contribution in [0.15, 0.2) is 24.3 Å². The van der Waals surface area contributed by atoms with E-state index in [-0.39, 0.29) is 19.4 Å². The molecule has 9 heteroatoms. The third kappa shape index (κ3) is 29.5. The average molecular weight is 589 g/mol. The standard InChI is InChI=1S/C31H57O8P/c1-3-5-7-9-11-12-13-14-15-16-17-18-20-22-24-26-31(33)39-29(28-38-40(34,35)36)27-37-30(32)25-23-21-19-10-8-6-4-2/h12-15,29H,3-11,16-28H2,1-2H3,(H2,34,35,36)/b13-12+,15-14+/t29-/m1/s1. The van der Waals surface area contributed by atoms with Crippen molar-refractivity contribution >= 4 is 19.8 Å². The molecule has 0 bridgehead atoms. The van der Waals surface area contributed by atoms with Gasteiger partial charge in [0.1, 0.15) is 6.61 Å². The van der Waals surface area contributed by atoms with E-state index in [1.807, 2.05) is 0 Å². The molecule has 0 aromatic carbocycles. The van der Waals surface area contributed by atoms with E-state index in [0.29, 0.717) is 6.42 Å². The maximum atomic E-state index is 12.2. The molecule has 0 aromatic rings. The van der Waals surface area contributed by atoms with E-state index in [1.165, 1.54) is 44.9 Å². The third-order valence-electron chi connectivity index (χ3n) is 6.50. The Bertz CT molecular complexity index is 716. The number of phosphoric ester groups is 1. The summed E-state index contributed by atoms with van der Waals surface area (Å²) in [5.74, 6) is -0.911. The quantitative estimate of drug-likeness (QED) is 0.0404. The minimum Gasteiger partial charge on any atom is -0.462 e. The Morgan fingerprint density at radius 2 is 1.10 bits per heavy atom. The van der Waals surface area contributed by atoms with Crippen LogP contribution in [0.1, 0.15) is 142 Å². The fourth-order valence-corrected chi connectivity index (χ4v) is 4.49. The van der Waals surface area contributed by atoms with Crippen LogP contribution in [0.3, 0.4) is 0 Å². The van der Waals surface area contributed by atoms with Gasteiger partial charge in [-0.2, -0.15) is 0 Å². The fourth-order valence-electron chi connectivity index (χ4n) is 4.13. The molecule has 0 aliphatic carbocycles. The Balaban J connectivity index is 4.06. The van der Waals surface area contributed by atoms with Gasteiger partial charge >= 0.3 is 19.8 Å². The SMILES string of the molecule is CCCCCC/C=C/C=C/CCCCCCCC(=O)O[C@H](COC(=O)CCCCCCCCC)COP(=O)(O)O. The number of ether oxygens (including phenoxy) is 2. The molecule has 0 saturated carbocycles. The lowest BCUT2D eigenvalue weighted by Gasteiger charge is -2.18. The van der Waals surface area contributed by atoms with E-state index >= 15 is 0 Å². The summed E-state index contributed by atoms with van der Waals surface area (Å²) in [6.45, 7) is 3.56. The van der Waals surface area contributed by atoms with Crippen LogP contribution in [0.25, 0.3) is 0 Å². The summed E-state index contributed by atoms with van der Waals surface area (Å²) in [5, 5.41) is 0. The zero-order valence-electron chi connectivity index (χ0n) is 25.2. The van der Waals surface area contributed by atoms with Crippen LogP contribution in [0.4, 0.5) is 0 Å². The molecule has 1 atom stereocenters. The normalized spacial score (nSPS) is 12.8. The molecule has 0 aliphatic rings. The number of carbonyl (C=O) groups is 2. The fraction of sp³-hybridized carbons (Fsp3) is 0.806. The summed E-state index contributed by atoms with van der Waals surface area (Å²) >= 11 is 0. The van der Waals surface area contributed by atoms with Crippen molar-refractivity contribution in [2.75, 3.05) is 13.2 Å². The second-order valence-corrected chi connectivity index (χ2v) is 11.7. The van der Waals surface area contributed by atoms with Gasteiger partial charge in [-0.3, -0.25) is 14.1 Å². The maximum Gasteiger partial charge on any atom is 0.469 e. The highest BCUT2D eigenvalue weighted by Crippen LogP contribution is 2.35. The van der Waals surface area contributed by atoms with Gasteiger partial charge in [0.05, 0.1) is 6.61 Å². The van der Waals surface area contributed by atoms with Crippen LogP contribution < -0.4 is 0 Å². The minimum absolute atomic E-state index is 0.196.